The molecule has 0 fully saturated rings. The van der Waals surface area contributed by atoms with E-state index in [2.05, 4.69) is 10.6 Å². The number of fused-ring (bicyclic) bond motifs is 1. The number of benzene rings is 2. The third-order valence-corrected chi connectivity index (χ3v) is 4.17. The summed E-state index contributed by atoms with van der Waals surface area (Å²) in [7, 11) is 0. The summed E-state index contributed by atoms with van der Waals surface area (Å²) < 4.78 is 27.3. The van der Waals surface area contributed by atoms with Gasteiger partial charge in [-0.1, -0.05) is 30.3 Å². The average Bonchev–Trinajstić information content (AvgIpc) is 2.59. The molecule has 0 aromatic heterocycles. The van der Waals surface area contributed by atoms with Crippen molar-refractivity contribution in [3.63, 3.8) is 0 Å². The number of aliphatic hydroxyl groups is 1. The minimum Gasteiger partial charge on any atom is -0.386 e. The van der Waals surface area contributed by atoms with Gasteiger partial charge in [0, 0.05) is 13.1 Å². The molecule has 25 heavy (non-hydrogen) atoms. The monoisotopic (exact) mass is 368 g/mol. The second-order valence-electron chi connectivity index (χ2n) is 5.73. The molecule has 7 heteroatoms. The average molecular weight is 369 g/mol. The lowest BCUT2D eigenvalue weighted by Crippen LogP contribution is -2.42. The number of amides is 1. The molecule has 1 aliphatic heterocycles. The van der Waals surface area contributed by atoms with Gasteiger partial charge in [0.15, 0.2) is 0 Å². The fourth-order valence-corrected chi connectivity index (χ4v) is 2.97. The Balaban J connectivity index is 0.00000225. The molecule has 1 aliphatic rings. The molecule has 2 aromatic rings. The molecule has 4 nitrogen and oxygen atoms in total. The quantitative estimate of drug-likeness (QED) is 0.776. The smallest absolute Gasteiger partial charge is 0.241 e. The molecule has 3 N–H and O–H groups in total. The lowest BCUT2D eigenvalue weighted by molar-refractivity contribution is -0.124. The largest absolute Gasteiger partial charge is 0.386 e. The molecule has 2 unspecified atom stereocenters. The van der Waals surface area contributed by atoms with Gasteiger partial charge in [0.1, 0.15) is 23.8 Å². The number of hydrogen-bond acceptors (Lipinski definition) is 3. The first-order valence-corrected chi connectivity index (χ1v) is 7.79. The van der Waals surface area contributed by atoms with Crippen LogP contribution in [0.2, 0.25) is 0 Å². The van der Waals surface area contributed by atoms with Crippen molar-refractivity contribution in [3.8, 4) is 0 Å². The molecule has 0 radical (unpaired) electrons. The van der Waals surface area contributed by atoms with E-state index in [4.69, 9.17) is 0 Å². The van der Waals surface area contributed by atoms with Crippen molar-refractivity contribution in [2.24, 2.45) is 0 Å². The minimum absolute atomic E-state index is 0. The summed E-state index contributed by atoms with van der Waals surface area (Å²) in [5.41, 5.74) is 1.54. The Hall–Kier alpha value is -2.02. The van der Waals surface area contributed by atoms with Crippen LogP contribution in [0.4, 0.5) is 8.78 Å². The van der Waals surface area contributed by atoms with Gasteiger partial charge in [-0.25, -0.2) is 8.78 Å². The van der Waals surface area contributed by atoms with E-state index in [1.165, 1.54) is 6.07 Å². The first-order chi connectivity index (χ1) is 11.6. The van der Waals surface area contributed by atoms with E-state index in [1.807, 2.05) is 24.3 Å². The highest BCUT2D eigenvalue weighted by Crippen LogP contribution is 2.23. The lowest BCUT2D eigenvalue weighted by atomic mass is 9.94. The van der Waals surface area contributed by atoms with Crippen LogP contribution in [0.25, 0.3) is 0 Å². The van der Waals surface area contributed by atoms with E-state index >= 15 is 0 Å². The number of halogens is 3. The Morgan fingerprint density at radius 1 is 1.20 bits per heavy atom. The summed E-state index contributed by atoms with van der Waals surface area (Å²) in [6.45, 7) is 0.399. The van der Waals surface area contributed by atoms with Gasteiger partial charge in [-0.15, -0.1) is 12.4 Å². The van der Waals surface area contributed by atoms with E-state index < -0.39 is 29.3 Å². The highest BCUT2D eigenvalue weighted by molar-refractivity contribution is 5.85. The van der Waals surface area contributed by atoms with Crippen LogP contribution in [-0.2, 0) is 11.2 Å². The summed E-state index contributed by atoms with van der Waals surface area (Å²) in [6, 6.07) is 10.5. The zero-order valence-electron chi connectivity index (χ0n) is 13.3. The van der Waals surface area contributed by atoms with Gasteiger partial charge in [-0.05, 0) is 29.7 Å². The van der Waals surface area contributed by atoms with Crippen molar-refractivity contribution in [3.05, 3.63) is 70.8 Å². The molecule has 3 rings (SSSR count). The standard InChI is InChI=1S/C18H18F2N2O2.ClH/c19-13-6-3-7-14(20)16(13)15(23)10-22-18(24)17-12-5-2-1-4-11(12)8-9-21-17;/h1-7,15,17,21,23H,8-10H2,(H,22,24);1H. The van der Waals surface area contributed by atoms with Crippen LogP contribution in [-0.4, -0.2) is 24.1 Å². The van der Waals surface area contributed by atoms with E-state index in [9.17, 15) is 18.7 Å². The number of aliphatic hydroxyl groups excluding tert-OH is 1. The molecule has 2 atom stereocenters. The van der Waals surface area contributed by atoms with E-state index in [-0.39, 0.29) is 24.9 Å². The van der Waals surface area contributed by atoms with Crippen molar-refractivity contribution < 1.29 is 18.7 Å². The molecule has 0 bridgehead atoms. The van der Waals surface area contributed by atoms with Gasteiger partial charge in [0.25, 0.3) is 0 Å². The van der Waals surface area contributed by atoms with Gasteiger partial charge in [0.05, 0.1) is 5.56 Å². The van der Waals surface area contributed by atoms with Gasteiger partial charge < -0.3 is 15.7 Å². The van der Waals surface area contributed by atoms with Crippen LogP contribution in [0.1, 0.15) is 28.8 Å². The summed E-state index contributed by atoms with van der Waals surface area (Å²) in [6.07, 6.45) is -0.614. The van der Waals surface area contributed by atoms with E-state index in [1.54, 1.807) is 0 Å². The first-order valence-electron chi connectivity index (χ1n) is 7.79. The predicted octanol–water partition coefficient (Wildman–Crippen LogP) is 2.42. The highest BCUT2D eigenvalue weighted by Gasteiger charge is 2.26. The molecule has 0 saturated carbocycles. The van der Waals surface area contributed by atoms with Crippen LogP contribution in [0, 0.1) is 11.6 Å². The Morgan fingerprint density at radius 2 is 1.88 bits per heavy atom. The third kappa shape index (κ3) is 4.15. The molecule has 134 valence electrons. The number of nitrogens with one attached hydrogen (secondary N) is 2. The van der Waals surface area contributed by atoms with E-state index in [0.717, 1.165) is 29.7 Å². The van der Waals surface area contributed by atoms with Crippen LogP contribution in [0.3, 0.4) is 0 Å². The van der Waals surface area contributed by atoms with Crippen LogP contribution in [0.15, 0.2) is 42.5 Å². The Kier molecular flexibility index (Phi) is 6.47. The van der Waals surface area contributed by atoms with Crippen LogP contribution >= 0.6 is 12.4 Å². The maximum absolute atomic E-state index is 13.7. The molecular weight excluding hydrogens is 350 g/mol. The first kappa shape index (κ1) is 19.3. The zero-order valence-corrected chi connectivity index (χ0v) is 14.2. The number of rotatable bonds is 4. The van der Waals surface area contributed by atoms with Gasteiger partial charge in [-0.3, -0.25) is 4.79 Å². The van der Waals surface area contributed by atoms with E-state index in [0.29, 0.717) is 6.54 Å². The summed E-state index contributed by atoms with van der Waals surface area (Å²) in [5, 5.41) is 15.7. The number of carbonyl (C=O) groups excluding carboxylic acids is 1. The predicted molar refractivity (Wildman–Crippen MR) is 92.5 cm³/mol. The van der Waals surface area contributed by atoms with Gasteiger partial charge in [0.2, 0.25) is 5.91 Å². The van der Waals surface area contributed by atoms with Gasteiger partial charge >= 0.3 is 0 Å². The maximum atomic E-state index is 13.7. The minimum atomic E-state index is -1.45. The molecule has 0 spiro atoms. The van der Waals surface area contributed by atoms with Crippen LogP contribution < -0.4 is 10.6 Å². The van der Waals surface area contributed by atoms with Crippen molar-refractivity contribution in [2.75, 3.05) is 13.1 Å². The fraction of sp³-hybridized carbons (Fsp3) is 0.278. The summed E-state index contributed by atoms with van der Waals surface area (Å²) >= 11 is 0. The van der Waals surface area contributed by atoms with Crippen molar-refractivity contribution in [1.29, 1.82) is 0 Å². The zero-order chi connectivity index (χ0) is 17.1. The second-order valence-corrected chi connectivity index (χ2v) is 5.73. The van der Waals surface area contributed by atoms with Crippen molar-refractivity contribution in [1.82, 2.24) is 10.6 Å². The summed E-state index contributed by atoms with van der Waals surface area (Å²) in [5.74, 6) is -2.01. The topological polar surface area (TPSA) is 61.4 Å². The second kappa shape index (κ2) is 8.38. The van der Waals surface area contributed by atoms with Crippen LogP contribution in [0.5, 0.6) is 0 Å². The number of carbonyl (C=O) groups is 1. The SMILES string of the molecule is Cl.O=C(NCC(O)c1c(F)cccc1F)C1NCCc2ccccc21. The molecule has 2 aromatic carbocycles. The Bertz CT molecular complexity index is 737. The molecule has 1 amide bonds. The van der Waals surface area contributed by atoms with Gasteiger partial charge in [-0.2, -0.15) is 0 Å². The maximum Gasteiger partial charge on any atom is 0.241 e. The molecule has 0 saturated heterocycles. The third-order valence-electron chi connectivity index (χ3n) is 4.17. The molecule has 0 aliphatic carbocycles. The Morgan fingerprint density at radius 3 is 2.60 bits per heavy atom. The normalized spacial score (nSPS) is 17.2. The van der Waals surface area contributed by atoms with Crippen molar-refractivity contribution >= 4 is 18.3 Å². The highest BCUT2D eigenvalue weighted by atomic mass is 35.5. The molecular formula is C18H19ClF2N2O2. The Labute approximate surface area is 150 Å². The fourth-order valence-electron chi connectivity index (χ4n) is 2.97. The summed E-state index contributed by atoms with van der Waals surface area (Å²) in [4.78, 5) is 12.4. The van der Waals surface area contributed by atoms with Crippen molar-refractivity contribution in [2.45, 2.75) is 18.6 Å². The molecule has 1 heterocycles. The number of hydrogen-bond donors (Lipinski definition) is 3. The lowest BCUT2D eigenvalue weighted by Gasteiger charge is -2.26.